The van der Waals surface area contributed by atoms with E-state index < -0.39 is 0 Å². The first-order valence-electron chi connectivity index (χ1n) is 9.69. The van der Waals surface area contributed by atoms with Crippen LogP contribution in [0.1, 0.15) is 60.6 Å². The zero-order chi connectivity index (χ0) is 19.9. The van der Waals surface area contributed by atoms with Crippen LogP contribution in [-0.4, -0.2) is 21.2 Å². The van der Waals surface area contributed by atoms with Gasteiger partial charge in [-0.15, -0.1) is 10.2 Å². The Hall–Kier alpha value is -2.76. The summed E-state index contributed by atoms with van der Waals surface area (Å²) in [7, 11) is 0. The molecule has 0 aliphatic heterocycles. The molecule has 0 fully saturated rings. The Balaban J connectivity index is 1.74. The zero-order valence-electron chi connectivity index (χ0n) is 16.8. The molecule has 1 atom stereocenters. The quantitative estimate of drug-likeness (QED) is 0.626. The number of nitrogens with zero attached hydrogens (tertiary/aromatic N) is 3. The van der Waals surface area contributed by atoms with Gasteiger partial charge in [0.25, 0.3) is 5.89 Å². The maximum absolute atomic E-state index is 13.1. The summed E-state index contributed by atoms with van der Waals surface area (Å²) in [5.41, 5.74) is 3.67. The van der Waals surface area contributed by atoms with Crippen LogP contribution in [0.3, 0.4) is 0 Å². The van der Waals surface area contributed by atoms with Gasteiger partial charge in [0, 0.05) is 18.0 Å². The highest BCUT2D eigenvalue weighted by Gasteiger charge is 2.33. The Kier molecular flexibility index (Phi) is 4.65. The van der Waals surface area contributed by atoms with Crippen molar-refractivity contribution in [2.45, 2.75) is 53.6 Å². The highest BCUT2D eigenvalue weighted by Crippen LogP contribution is 2.39. The second-order valence-corrected chi connectivity index (χ2v) is 8.53. The smallest absolute Gasteiger partial charge is 0.339 e. The molecule has 2 heterocycles. The van der Waals surface area contributed by atoms with Gasteiger partial charge in [-0.3, -0.25) is 4.98 Å². The van der Waals surface area contributed by atoms with Crippen molar-refractivity contribution >= 4 is 16.9 Å². The van der Waals surface area contributed by atoms with Gasteiger partial charge in [0.05, 0.1) is 11.1 Å². The fourth-order valence-electron chi connectivity index (χ4n) is 3.96. The Bertz CT molecular complexity index is 1030. The van der Waals surface area contributed by atoms with Crippen LogP contribution in [0, 0.1) is 18.3 Å². The van der Waals surface area contributed by atoms with Crippen molar-refractivity contribution in [3.05, 3.63) is 52.9 Å². The maximum Gasteiger partial charge on any atom is 0.339 e. The van der Waals surface area contributed by atoms with Crippen molar-refractivity contribution in [1.29, 1.82) is 0 Å². The van der Waals surface area contributed by atoms with E-state index in [0.717, 1.165) is 41.4 Å². The number of aryl methyl sites for hydroxylation is 2. The summed E-state index contributed by atoms with van der Waals surface area (Å²) < 4.78 is 10.9. The number of para-hydroxylation sites is 1. The number of rotatable bonds is 3. The molecule has 0 saturated heterocycles. The Morgan fingerprint density at radius 3 is 2.75 bits per heavy atom. The molecule has 1 aromatic carbocycles. The molecule has 0 bridgehead atoms. The molecule has 6 heteroatoms. The summed E-state index contributed by atoms with van der Waals surface area (Å²) in [5.74, 6) is 0.879. The average molecular weight is 379 g/mol. The molecule has 146 valence electrons. The minimum absolute atomic E-state index is 0.0339. The van der Waals surface area contributed by atoms with Gasteiger partial charge in [-0.25, -0.2) is 4.79 Å². The highest BCUT2D eigenvalue weighted by molar-refractivity contribution is 6.05. The predicted octanol–water partition coefficient (Wildman–Crippen LogP) is 4.43. The van der Waals surface area contributed by atoms with E-state index in [1.54, 1.807) is 6.92 Å². The fraction of sp³-hybridized carbons (Fsp3) is 0.455. The van der Waals surface area contributed by atoms with Gasteiger partial charge < -0.3 is 9.15 Å². The zero-order valence-corrected chi connectivity index (χ0v) is 16.8. The number of esters is 1. The van der Waals surface area contributed by atoms with Gasteiger partial charge in [-0.1, -0.05) is 39.0 Å². The van der Waals surface area contributed by atoms with Crippen LogP contribution >= 0.6 is 0 Å². The van der Waals surface area contributed by atoms with Crippen molar-refractivity contribution in [2.75, 3.05) is 0 Å². The molecule has 0 radical (unpaired) electrons. The number of aromatic nitrogens is 3. The van der Waals surface area contributed by atoms with E-state index >= 15 is 0 Å². The molecular weight excluding hydrogens is 354 g/mol. The van der Waals surface area contributed by atoms with E-state index in [1.807, 2.05) is 24.3 Å². The third-order valence-electron chi connectivity index (χ3n) is 5.58. The number of ether oxygens (including phenoxy) is 1. The molecule has 0 N–H and O–H groups in total. The van der Waals surface area contributed by atoms with E-state index in [2.05, 4.69) is 31.0 Å². The highest BCUT2D eigenvalue weighted by atomic mass is 16.5. The summed E-state index contributed by atoms with van der Waals surface area (Å²) in [6.45, 7) is 8.44. The Morgan fingerprint density at radius 1 is 1.25 bits per heavy atom. The molecule has 1 aliphatic rings. The van der Waals surface area contributed by atoms with Gasteiger partial charge in [0.1, 0.15) is 0 Å². The second kappa shape index (κ2) is 7.00. The normalized spacial score (nSPS) is 16.8. The van der Waals surface area contributed by atoms with Gasteiger partial charge in [0.2, 0.25) is 5.89 Å². The first-order chi connectivity index (χ1) is 13.3. The van der Waals surface area contributed by atoms with E-state index in [1.165, 1.54) is 0 Å². The van der Waals surface area contributed by atoms with Gasteiger partial charge in [0.15, 0.2) is 6.61 Å². The molecule has 3 aromatic rings. The van der Waals surface area contributed by atoms with E-state index in [4.69, 9.17) is 14.1 Å². The van der Waals surface area contributed by atoms with Crippen molar-refractivity contribution in [3.63, 3.8) is 0 Å². The average Bonchev–Trinajstić information content (AvgIpc) is 3.08. The van der Waals surface area contributed by atoms with Crippen LogP contribution in [0.25, 0.3) is 10.9 Å². The molecule has 0 amide bonds. The monoisotopic (exact) mass is 379 g/mol. The van der Waals surface area contributed by atoms with Gasteiger partial charge in [-0.2, -0.15) is 0 Å². The first-order valence-corrected chi connectivity index (χ1v) is 9.69. The van der Waals surface area contributed by atoms with Gasteiger partial charge in [-0.05, 0) is 42.2 Å². The summed E-state index contributed by atoms with van der Waals surface area (Å²) >= 11 is 0. The Labute approximate surface area is 164 Å². The maximum atomic E-state index is 13.1. The number of carbonyl (C=O) groups is 1. The predicted molar refractivity (Wildman–Crippen MR) is 105 cm³/mol. The van der Waals surface area contributed by atoms with Crippen LogP contribution in [0.5, 0.6) is 0 Å². The molecule has 1 unspecified atom stereocenters. The van der Waals surface area contributed by atoms with Crippen LogP contribution in [-0.2, 0) is 24.2 Å². The Morgan fingerprint density at radius 2 is 2.04 bits per heavy atom. The molecule has 0 spiro atoms. The summed E-state index contributed by atoms with van der Waals surface area (Å²) in [6.07, 6.45) is 2.80. The number of carbonyl (C=O) groups excluding carboxylic acids is 1. The van der Waals surface area contributed by atoms with Crippen LogP contribution in [0.4, 0.5) is 0 Å². The topological polar surface area (TPSA) is 78.1 Å². The number of pyridine rings is 1. The number of hydrogen-bond donors (Lipinski definition) is 0. The standard InChI is InChI=1S/C22H25N3O3/c1-13-24-25-19(28-13)12-27-21(26)20-15-7-5-6-8-17(15)23-18-10-9-14(11-16(18)20)22(2,3)4/h5-8,14H,9-12H2,1-4H3. The van der Waals surface area contributed by atoms with E-state index in [0.29, 0.717) is 23.3 Å². The molecule has 2 aromatic heterocycles. The molecule has 28 heavy (non-hydrogen) atoms. The number of fused-ring (bicyclic) bond motifs is 2. The summed E-state index contributed by atoms with van der Waals surface area (Å²) in [5, 5.41) is 8.51. The minimum Gasteiger partial charge on any atom is -0.452 e. The van der Waals surface area contributed by atoms with Crippen molar-refractivity contribution in [2.24, 2.45) is 11.3 Å². The molecule has 6 nitrogen and oxygen atoms in total. The van der Waals surface area contributed by atoms with Gasteiger partial charge >= 0.3 is 5.97 Å². The van der Waals surface area contributed by atoms with Crippen molar-refractivity contribution in [3.8, 4) is 0 Å². The van der Waals surface area contributed by atoms with Crippen LogP contribution in [0.15, 0.2) is 28.7 Å². The lowest BCUT2D eigenvalue weighted by Gasteiger charge is -2.35. The molecule has 1 aliphatic carbocycles. The van der Waals surface area contributed by atoms with Crippen LogP contribution in [0.2, 0.25) is 0 Å². The fourth-order valence-corrected chi connectivity index (χ4v) is 3.96. The van der Waals surface area contributed by atoms with E-state index in [9.17, 15) is 4.79 Å². The third kappa shape index (κ3) is 3.51. The lowest BCUT2D eigenvalue weighted by Crippen LogP contribution is -2.29. The van der Waals surface area contributed by atoms with Crippen LogP contribution < -0.4 is 0 Å². The SMILES string of the molecule is Cc1nnc(COC(=O)c2c3c(nc4ccccc24)CCC(C(C)(C)C)C3)o1. The number of benzene rings is 1. The second-order valence-electron chi connectivity index (χ2n) is 8.53. The lowest BCUT2D eigenvalue weighted by atomic mass is 9.70. The largest absolute Gasteiger partial charge is 0.452 e. The third-order valence-corrected chi connectivity index (χ3v) is 5.58. The van der Waals surface area contributed by atoms with E-state index in [-0.39, 0.29) is 18.0 Å². The summed E-state index contributed by atoms with van der Waals surface area (Å²) in [4.78, 5) is 18.0. The molecular formula is C22H25N3O3. The van der Waals surface area contributed by atoms with Crippen molar-refractivity contribution < 1.29 is 13.9 Å². The minimum atomic E-state index is -0.361. The molecule has 4 rings (SSSR count). The first kappa shape index (κ1) is 18.6. The summed E-state index contributed by atoms with van der Waals surface area (Å²) in [6, 6.07) is 7.76. The number of hydrogen-bond acceptors (Lipinski definition) is 6. The van der Waals surface area contributed by atoms with Crippen molar-refractivity contribution in [1.82, 2.24) is 15.2 Å². The molecule has 0 saturated carbocycles. The lowest BCUT2D eigenvalue weighted by molar-refractivity contribution is 0.0436.